The molecule has 0 aromatic heterocycles. The van der Waals surface area contributed by atoms with Crippen LogP contribution in [0.15, 0.2) is 0 Å². The highest BCUT2D eigenvalue weighted by Gasteiger charge is 2.41. The van der Waals surface area contributed by atoms with Gasteiger partial charge in [0.2, 0.25) is 0 Å². The minimum atomic E-state index is -4.52. The quantitative estimate of drug-likeness (QED) is 0.576. The van der Waals surface area contributed by atoms with Crippen molar-refractivity contribution in [2.45, 2.75) is 12.5 Å². The van der Waals surface area contributed by atoms with Crippen LogP contribution < -0.4 is 0 Å². The van der Waals surface area contributed by atoms with Crippen molar-refractivity contribution >= 4 is 0 Å². The molecule has 0 atom stereocenters. The lowest BCUT2D eigenvalue weighted by Gasteiger charge is -2.13. The molecule has 0 fully saturated rings. The summed E-state index contributed by atoms with van der Waals surface area (Å²) in [6.45, 7) is -2.22. The van der Waals surface area contributed by atoms with Gasteiger partial charge in [-0.25, -0.2) is 13.2 Å². The molecule has 0 spiro atoms. The molecule has 0 heterocycles. The van der Waals surface area contributed by atoms with Crippen molar-refractivity contribution in [2.24, 2.45) is 0 Å². The summed E-state index contributed by atoms with van der Waals surface area (Å²) in [5, 5.41) is 0. The zero-order valence-corrected chi connectivity index (χ0v) is 4.79. The Morgan fingerprint density at radius 3 is 2.10 bits per heavy atom. The highest BCUT2D eigenvalue weighted by Crippen LogP contribution is 2.23. The van der Waals surface area contributed by atoms with Crippen molar-refractivity contribution in [3.63, 3.8) is 0 Å². The third-order valence-corrected chi connectivity index (χ3v) is 0.626. The van der Waals surface area contributed by atoms with Crippen LogP contribution >= 0.6 is 0 Å². The Balaban J connectivity index is 3.63. The van der Waals surface area contributed by atoms with Crippen LogP contribution in [0.1, 0.15) is 0 Å². The van der Waals surface area contributed by atoms with E-state index in [0.717, 1.165) is 0 Å². The molecule has 0 amide bonds. The lowest BCUT2D eigenvalue weighted by Crippen LogP contribution is -2.30. The van der Waals surface area contributed by atoms with E-state index >= 15 is 0 Å². The van der Waals surface area contributed by atoms with Gasteiger partial charge in [0.15, 0.2) is 0 Å². The fourth-order valence-corrected chi connectivity index (χ4v) is 0.238. The molecule has 0 saturated carbocycles. The summed E-state index contributed by atoms with van der Waals surface area (Å²) in [4.78, 5) is 0. The van der Waals surface area contributed by atoms with Gasteiger partial charge in [0, 0.05) is 0 Å². The summed E-state index contributed by atoms with van der Waals surface area (Å²) in [7, 11) is 0. The molecule has 10 heavy (non-hydrogen) atoms. The van der Waals surface area contributed by atoms with E-state index in [4.69, 9.17) is 0 Å². The molecule has 0 aliphatic rings. The summed E-state index contributed by atoms with van der Waals surface area (Å²) in [5.41, 5.74) is 0. The van der Waals surface area contributed by atoms with Gasteiger partial charge in [0.05, 0.1) is 6.61 Å². The average molecular weight is 164 g/mol. The van der Waals surface area contributed by atoms with Gasteiger partial charge in [-0.05, 0) is 0 Å². The number of rotatable bonds is 4. The lowest BCUT2D eigenvalue weighted by molar-refractivity contribution is -0.300. The fourth-order valence-electron chi connectivity index (χ4n) is 0.238. The summed E-state index contributed by atoms with van der Waals surface area (Å²) >= 11 is 0. The molecular formula is C4H5F5O. The van der Waals surface area contributed by atoms with Crippen molar-refractivity contribution in [3.05, 3.63) is 0 Å². The molecule has 0 aliphatic carbocycles. The fraction of sp³-hybridized carbons (Fsp3) is 1.00. The van der Waals surface area contributed by atoms with Crippen LogP contribution in [0.2, 0.25) is 0 Å². The first-order valence-electron chi connectivity index (χ1n) is 2.36. The Kier molecular flexibility index (Phi) is 3.55. The molecule has 0 saturated heterocycles. The topological polar surface area (TPSA) is 9.23 Å². The molecule has 0 aliphatic heterocycles. The van der Waals surface area contributed by atoms with Gasteiger partial charge in [-0.1, -0.05) is 0 Å². The molecule has 0 N–H and O–H groups in total. The van der Waals surface area contributed by atoms with Crippen LogP contribution in [0, 0.1) is 0 Å². The first-order valence-corrected chi connectivity index (χ1v) is 2.36. The summed E-state index contributed by atoms with van der Waals surface area (Å²) in [6.07, 6.45) is -8.43. The Hall–Kier alpha value is -0.390. The van der Waals surface area contributed by atoms with Crippen molar-refractivity contribution in [1.82, 2.24) is 0 Å². The largest absolute Gasteiger partial charge is 0.416 e. The standard InChI is InChI=1S/C4H5F5O/c5-1-2-10-4(8,9)3(6)7/h3H,1-2H2. The minimum Gasteiger partial charge on any atom is -0.313 e. The smallest absolute Gasteiger partial charge is 0.313 e. The number of halogens is 5. The second kappa shape index (κ2) is 3.70. The monoisotopic (exact) mass is 164 g/mol. The maximum atomic E-state index is 11.6. The van der Waals surface area contributed by atoms with E-state index in [1.807, 2.05) is 0 Å². The van der Waals surface area contributed by atoms with E-state index in [1.54, 1.807) is 0 Å². The van der Waals surface area contributed by atoms with Gasteiger partial charge in [-0.15, -0.1) is 0 Å². The summed E-state index contributed by atoms with van der Waals surface area (Å²) < 4.78 is 59.7. The van der Waals surface area contributed by atoms with Crippen LogP contribution in [-0.2, 0) is 4.74 Å². The van der Waals surface area contributed by atoms with E-state index in [1.165, 1.54) is 0 Å². The van der Waals surface area contributed by atoms with Crippen LogP contribution in [0.5, 0.6) is 0 Å². The maximum absolute atomic E-state index is 11.6. The summed E-state index contributed by atoms with van der Waals surface area (Å²) in [5.74, 6) is 0. The Labute approximate surface area is 53.8 Å². The van der Waals surface area contributed by atoms with Crippen molar-refractivity contribution in [3.8, 4) is 0 Å². The highest BCUT2D eigenvalue weighted by atomic mass is 19.3. The molecular weight excluding hydrogens is 159 g/mol. The highest BCUT2D eigenvalue weighted by molar-refractivity contribution is 4.53. The number of ether oxygens (including phenoxy) is 1. The van der Waals surface area contributed by atoms with Crippen LogP contribution in [0.4, 0.5) is 22.0 Å². The zero-order valence-electron chi connectivity index (χ0n) is 4.79. The predicted molar refractivity (Wildman–Crippen MR) is 22.9 cm³/mol. The molecule has 0 radical (unpaired) electrons. The molecule has 0 aromatic rings. The molecule has 0 rings (SSSR count). The lowest BCUT2D eigenvalue weighted by atomic mass is 10.6. The van der Waals surface area contributed by atoms with E-state index in [0.29, 0.717) is 0 Å². The Morgan fingerprint density at radius 1 is 1.30 bits per heavy atom. The molecule has 6 heteroatoms. The molecule has 0 aromatic carbocycles. The zero-order chi connectivity index (χ0) is 8.20. The number of alkyl halides is 5. The van der Waals surface area contributed by atoms with Crippen LogP contribution in [0.25, 0.3) is 0 Å². The van der Waals surface area contributed by atoms with E-state index < -0.39 is 25.8 Å². The average Bonchev–Trinajstić information content (AvgIpc) is 1.84. The van der Waals surface area contributed by atoms with Crippen LogP contribution in [0.3, 0.4) is 0 Å². The molecule has 0 unspecified atom stereocenters. The predicted octanol–water partition coefficient (Wildman–Crippen LogP) is 1.83. The molecule has 62 valence electrons. The van der Waals surface area contributed by atoms with Crippen LogP contribution in [-0.4, -0.2) is 25.8 Å². The van der Waals surface area contributed by atoms with Gasteiger partial charge in [-0.2, -0.15) is 8.78 Å². The maximum Gasteiger partial charge on any atom is 0.416 e. The minimum absolute atomic E-state index is 1.02. The van der Waals surface area contributed by atoms with Gasteiger partial charge in [-0.3, -0.25) is 0 Å². The van der Waals surface area contributed by atoms with Crippen molar-refractivity contribution < 1.29 is 26.7 Å². The van der Waals surface area contributed by atoms with E-state index in [2.05, 4.69) is 4.74 Å². The third kappa shape index (κ3) is 2.95. The summed E-state index contributed by atoms with van der Waals surface area (Å²) in [6, 6.07) is 0. The normalized spacial score (nSPS) is 12.6. The second-order valence-electron chi connectivity index (χ2n) is 1.40. The SMILES string of the molecule is FCCOC(F)(F)C(F)F. The Morgan fingerprint density at radius 2 is 1.80 bits per heavy atom. The van der Waals surface area contributed by atoms with Gasteiger partial charge >= 0.3 is 12.5 Å². The molecule has 0 bridgehead atoms. The van der Waals surface area contributed by atoms with Gasteiger partial charge in [0.25, 0.3) is 0 Å². The van der Waals surface area contributed by atoms with Crippen molar-refractivity contribution in [1.29, 1.82) is 0 Å². The van der Waals surface area contributed by atoms with Gasteiger partial charge in [0.1, 0.15) is 6.67 Å². The second-order valence-corrected chi connectivity index (χ2v) is 1.40. The number of hydrogen-bond acceptors (Lipinski definition) is 1. The van der Waals surface area contributed by atoms with Crippen molar-refractivity contribution in [2.75, 3.05) is 13.3 Å². The molecule has 1 nitrogen and oxygen atoms in total. The first kappa shape index (κ1) is 9.61. The van der Waals surface area contributed by atoms with E-state index in [9.17, 15) is 22.0 Å². The third-order valence-electron chi connectivity index (χ3n) is 0.626. The van der Waals surface area contributed by atoms with Gasteiger partial charge < -0.3 is 4.74 Å². The number of hydrogen-bond donors (Lipinski definition) is 0. The van der Waals surface area contributed by atoms with E-state index in [-0.39, 0.29) is 0 Å². The first-order chi connectivity index (χ1) is 4.50. The Bertz CT molecular complexity index is 93.6.